The zero-order valence-electron chi connectivity index (χ0n) is 22.0. The summed E-state index contributed by atoms with van der Waals surface area (Å²) in [6.07, 6.45) is 0. The maximum atomic E-state index is 14.0. The van der Waals surface area contributed by atoms with Gasteiger partial charge >= 0.3 is 5.69 Å². The lowest BCUT2D eigenvalue weighted by Crippen LogP contribution is -2.43. The average molecular weight is 511 g/mol. The van der Waals surface area contributed by atoms with Crippen molar-refractivity contribution in [1.29, 1.82) is 0 Å². The molecule has 0 fully saturated rings. The van der Waals surface area contributed by atoms with Crippen LogP contribution in [-0.4, -0.2) is 38.2 Å². The Morgan fingerprint density at radius 3 is 2.39 bits per heavy atom. The lowest BCUT2D eigenvalue weighted by atomic mass is 10.2. The number of methoxy groups -OCH3 is 1. The molecule has 0 saturated carbocycles. The van der Waals surface area contributed by atoms with Crippen LogP contribution in [0, 0.1) is 6.92 Å². The topological polar surface area (TPSA) is 78.5 Å². The predicted molar refractivity (Wildman–Crippen MR) is 149 cm³/mol. The van der Waals surface area contributed by atoms with E-state index in [2.05, 4.69) is 0 Å². The first-order valence-electron chi connectivity index (χ1n) is 12.5. The molecule has 0 saturated heterocycles. The SMILES string of the molecule is CCN(Cc1ccccc1)C(=O)Cn1c(=O)n(-c2cccc(C)c2)c(=O)c2c1c1cc(OC)ccc1n2C. The van der Waals surface area contributed by atoms with E-state index in [1.807, 2.05) is 62.4 Å². The van der Waals surface area contributed by atoms with E-state index in [0.717, 1.165) is 21.2 Å². The van der Waals surface area contributed by atoms with E-state index in [1.165, 1.54) is 4.57 Å². The highest BCUT2D eigenvalue weighted by atomic mass is 16.5. The van der Waals surface area contributed by atoms with Gasteiger partial charge in [-0.1, -0.05) is 42.5 Å². The Bertz CT molecular complexity index is 1780. The second-order valence-electron chi connectivity index (χ2n) is 9.38. The van der Waals surface area contributed by atoms with Crippen LogP contribution < -0.4 is 16.0 Å². The van der Waals surface area contributed by atoms with Crippen LogP contribution in [0.5, 0.6) is 5.75 Å². The van der Waals surface area contributed by atoms with Crippen molar-refractivity contribution < 1.29 is 9.53 Å². The molecule has 2 aromatic heterocycles. The lowest BCUT2D eigenvalue weighted by molar-refractivity contribution is -0.132. The zero-order valence-corrected chi connectivity index (χ0v) is 22.0. The van der Waals surface area contributed by atoms with Gasteiger partial charge in [-0.25, -0.2) is 9.36 Å². The fourth-order valence-electron chi connectivity index (χ4n) is 5.02. The van der Waals surface area contributed by atoms with Gasteiger partial charge in [-0.05, 0) is 55.3 Å². The van der Waals surface area contributed by atoms with Gasteiger partial charge < -0.3 is 14.2 Å². The number of aromatic nitrogens is 3. The van der Waals surface area contributed by atoms with Crippen molar-refractivity contribution >= 4 is 27.8 Å². The summed E-state index contributed by atoms with van der Waals surface area (Å²) in [7, 11) is 3.36. The lowest BCUT2D eigenvalue weighted by Gasteiger charge is -2.22. The summed E-state index contributed by atoms with van der Waals surface area (Å²) in [5, 5.41) is 0.673. The van der Waals surface area contributed by atoms with Gasteiger partial charge in [0.05, 0.1) is 23.8 Å². The molecule has 3 aromatic carbocycles. The van der Waals surface area contributed by atoms with Crippen molar-refractivity contribution in [2.45, 2.75) is 26.9 Å². The van der Waals surface area contributed by atoms with E-state index in [9.17, 15) is 14.4 Å². The summed E-state index contributed by atoms with van der Waals surface area (Å²) in [6.45, 7) is 4.51. The van der Waals surface area contributed by atoms with Crippen LogP contribution in [0.15, 0.2) is 82.4 Å². The fourth-order valence-corrected chi connectivity index (χ4v) is 5.02. The summed E-state index contributed by atoms with van der Waals surface area (Å²) < 4.78 is 9.80. The van der Waals surface area contributed by atoms with Crippen molar-refractivity contribution in [3.63, 3.8) is 0 Å². The molecule has 0 aliphatic carbocycles. The normalized spacial score (nSPS) is 11.3. The molecular weight excluding hydrogens is 480 g/mol. The molecule has 0 N–H and O–H groups in total. The van der Waals surface area contributed by atoms with Crippen LogP contribution in [0.4, 0.5) is 0 Å². The summed E-state index contributed by atoms with van der Waals surface area (Å²) in [5.74, 6) is 0.381. The molecular formula is C30H30N4O4. The van der Waals surface area contributed by atoms with Gasteiger partial charge in [0, 0.05) is 25.5 Å². The molecule has 0 aliphatic heterocycles. The third-order valence-corrected chi connectivity index (χ3v) is 6.98. The highest BCUT2D eigenvalue weighted by molar-refractivity contribution is 6.06. The molecule has 0 spiro atoms. The second-order valence-corrected chi connectivity index (χ2v) is 9.38. The summed E-state index contributed by atoms with van der Waals surface area (Å²) in [4.78, 5) is 43.3. The van der Waals surface area contributed by atoms with E-state index >= 15 is 0 Å². The standard InChI is InChI=1S/C30H30N4O4/c1-5-32(18-21-11-7-6-8-12-21)26(35)19-33-27-24-17-23(38-4)14-15-25(24)31(3)28(27)29(36)34(30(33)37)22-13-9-10-20(2)16-22/h6-17H,5,18-19H2,1-4H3. The second kappa shape index (κ2) is 10.0. The minimum atomic E-state index is -0.562. The molecule has 38 heavy (non-hydrogen) atoms. The molecule has 0 aliphatic rings. The molecule has 0 atom stereocenters. The molecule has 5 aromatic rings. The first kappa shape index (κ1) is 25.1. The number of carbonyl (C=O) groups is 1. The number of aryl methyl sites for hydroxylation is 2. The molecule has 0 radical (unpaired) electrons. The quantitative estimate of drug-likeness (QED) is 0.332. The number of carbonyl (C=O) groups excluding carboxylic acids is 1. The van der Waals surface area contributed by atoms with Gasteiger partial charge in [0.25, 0.3) is 5.56 Å². The minimum absolute atomic E-state index is 0.210. The van der Waals surface area contributed by atoms with Crippen LogP contribution >= 0.6 is 0 Å². The Kier molecular flexibility index (Phi) is 6.63. The van der Waals surface area contributed by atoms with Crippen LogP contribution in [0.2, 0.25) is 0 Å². The molecule has 8 heteroatoms. The van der Waals surface area contributed by atoms with Crippen molar-refractivity contribution in [1.82, 2.24) is 18.6 Å². The monoisotopic (exact) mass is 510 g/mol. The Hall–Kier alpha value is -4.59. The van der Waals surface area contributed by atoms with Gasteiger partial charge in [0.15, 0.2) is 0 Å². The first-order chi connectivity index (χ1) is 18.3. The number of hydrogen-bond acceptors (Lipinski definition) is 4. The Balaban J connectivity index is 1.76. The number of hydrogen-bond donors (Lipinski definition) is 0. The Morgan fingerprint density at radius 1 is 0.947 bits per heavy atom. The van der Waals surface area contributed by atoms with Crippen molar-refractivity contribution in [2.24, 2.45) is 7.05 Å². The van der Waals surface area contributed by atoms with Gasteiger partial charge in [-0.3, -0.25) is 14.2 Å². The van der Waals surface area contributed by atoms with E-state index in [1.54, 1.807) is 47.9 Å². The summed E-state index contributed by atoms with van der Waals surface area (Å²) in [6, 6.07) is 22.4. The Morgan fingerprint density at radius 2 is 1.71 bits per heavy atom. The van der Waals surface area contributed by atoms with Crippen LogP contribution in [-0.2, 0) is 24.9 Å². The third-order valence-electron chi connectivity index (χ3n) is 6.98. The van der Waals surface area contributed by atoms with Crippen LogP contribution in [0.1, 0.15) is 18.1 Å². The number of nitrogens with zero attached hydrogens (tertiary/aromatic N) is 4. The van der Waals surface area contributed by atoms with E-state index in [-0.39, 0.29) is 12.5 Å². The number of benzene rings is 3. The largest absolute Gasteiger partial charge is 0.497 e. The van der Waals surface area contributed by atoms with Gasteiger partial charge in [-0.2, -0.15) is 0 Å². The number of ether oxygens (including phenoxy) is 1. The van der Waals surface area contributed by atoms with E-state index < -0.39 is 11.2 Å². The van der Waals surface area contributed by atoms with Crippen LogP contribution in [0.3, 0.4) is 0 Å². The number of likely N-dealkylation sites (N-methyl/N-ethyl adjacent to an activating group) is 1. The highest BCUT2D eigenvalue weighted by Crippen LogP contribution is 2.29. The first-order valence-corrected chi connectivity index (χ1v) is 12.5. The van der Waals surface area contributed by atoms with Crippen LogP contribution in [0.25, 0.3) is 27.6 Å². The van der Waals surface area contributed by atoms with Crippen molar-refractivity contribution in [3.8, 4) is 11.4 Å². The number of fused-ring (bicyclic) bond motifs is 3. The fraction of sp³-hybridized carbons (Fsp3) is 0.233. The smallest absolute Gasteiger partial charge is 0.336 e. The predicted octanol–water partition coefficient (Wildman–Crippen LogP) is 4.01. The molecule has 5 rings (SSSR count). The maximum absolute atomic E-state index is 14.0. The molecule has 0 unspecified atom stereocenters. The molecule has 194 valence electrons. The molecule has 8 nitrogen and oxygen atoms in total. The van der Waals surface area contributed by atoms with Crippen molar-refractivity contribution in [3.05, 3.63) is 105 Å². The number of amides is 1. The summed E-state index contributed by atoms with van der Waals surface area (Å²) >= 11 is 0. The Labute approximate surface area is 219 Å². The molecule has 2 heterocycles. The van der Waals surface area contributed by atoms with Gasteiger partial charge in [0.2, 0.25) is 5.91 Å². The average Bonchev–Trinajstić information content (AvgIpc) is 3.22. The number of rotatable bonds is 7. The van der Waals surface area contributed by atoms with E-state index in [4.69, 9.17) is 4.74 Å². The minimum Gasteiger partial charge on any atom is -0.497 e. The van der Waals surface area contributed by atoms with Gasteiger partial charge in [0.1, 0.15) is 17.8 Å². The molecule has 0 bridgehead atoms. The zero-order chi connectivity index (χ0) is 27.0. The van der Waals surface area contributed by atoms with E-state index in [0.29, 0.717) is 40.9 Å². The van der Waals surface area contributed by atoms with Gasteiger partial charge in [-0.15, -0.1) is 0 Å². The highest BCUT2D eigenvalue weighted by Gasteiger charge is 2.24. The summed E-state index contributed by atoms with van der Waals surface area (Å²) in [5.41, 5.74) is 2.90. The molecule has 1 amide bonds. The van der Waals surface area contributed by atoms with Crippen molar-refractivity contribution in [2.75, 3.05) is 13.7 Å². The maximum Gasteiger partial charge on any atom is 0.336 e. The third kappa shape index (κ3) is 4.28.